The first kappa shape index (κ1) is 15.8. The number of rotatable bonds is 6. The van der Waals surface area contributed by atoms with E-state index in [1.54, 1.807) is 0 Å². The number of ether oxygens (including phenoxy) is 1. The van der Waals surface area contributed by atoms with Gasteiger partial charge >= 0.3 is 0 Å². The lowest BCUT2D eigenvalue weighted by molar-refractivity contribution is 0.285. The van der Waals surface area contributed by atoms with Gasteiger partial charge in [-0.2, -0.15) is 0 Å². The first-order valence-corrected chi connectivity index (χ1v) is 8.62. The highest BCUT2D eigenvalue weighted by molar-refractivity contribution is 9.10. The minimum atomic E-state index is 0.400. The molecule has 0 radical (unpaired) electrons. The van der Waals surface area contributed by atoms with Crippen LogP contribution < -0.4 is 10.1 Å². The third-order valence-electron chi connectivity index (χ3n) is 4.39. The van der Waals surface area contributed by atoms with Crippen LogP contribution in [0.15, 0.2) is 22.7 Å². The van der Waals surface area contributed by atoms with Crippen LogP contribution in [0.4, 0.5) is 0 Å². The summed E-state index contributed by atoms with van der Waals surface area (Å²) >= 11 is 3.61. The molecule has 1 fully saturated rings. The molecule has 0 saturated heterocycles. The third kappa shape index (κ3) is 3.56. The highest BCUT2D eigenvalue weighted by Gasteiger charge is 2.32. The number of nitrogens with one attached hydrogen (secondary N) is 1. The number of halogens is 1. The van der Waals surface area contributed by atoms with Gasteiger partial charge in [-0.25, -0.2) is 0 Å². The van der Waals surface area contributed by atoms with E-state index in [0.29, 0.717) is 18.6 Å². The maximum absolute atomic E-state index is 5.85. The number of hydrogen-bond acceptors (Lipinski definition) is 2. The quantitative estimate of drug-likeness (QED) is 0.792. The van der Waals surface area contributed by atoms with E-state index in [0.717, 1.165) is 22.7 Å². The fourth-order valence-electron chi connectivity index (χ4n) is 3.43. The molecule has 1 N–H and O–H groups in total. The zero-order chi connectivity index (χ0) is 14.5. The fraction of sp³-hybridized carbons (Fsp3) is 0.647. The van der Waals surface area contributed by atoms with E-state index in [2.05, 4.69) is 53.3 Å². The normalized spacial score (nSPS) is 23.8. The van der Waals surface area contributed by atoms with Crippen molar-refractivity contribution in [3.8, 4) is 5.75 Å². The van der Waals surface area contributed by atoms with Crippen molar-refractivity contribution in [2.75, 3.05) is 13.2 Å². The van der Waals surface area contributed by atoms with Crippen molar-refractivity contribution in [2.45, 2.75) is 46.1 Å². The maximum Gasteiger partial charge on any atom is 0.124 e. The molecule has 1 aliphatic rings. The summed E-state index contributed by atoms with van der Waals surface area (Å²) in [6.07, 6.45) is 4.02. The first-order chi connectivity index (χ1) is 9.67. The van der Waals surface area contributed by atoms with Gasteiger partial charge in [0.25, 0.3) is 0 Å². The summed E-state index contributed by atoms with van der Waals surface area (Å²) in [5.74, 6) is 2.52. The van der Waals surface area contributed by atoms with Gasteiger partial charge in [-0.05, 0) is 49.9 Å². The van der Waals surface area contributed by atoms with Gasteiger partial charge in [-0.15, -0.1) is 0 Å². The SMILES string of the molecule is CCNC(c1cc(Br)ccc1OCC)C1CCCC1C. The molecule has 20 heavy (non-hydrogen) atoms. The van der Waals surface area contributed by atoms with Crippen molar-refractivity contribution in [1.82, 2.24) is 5.32 Å². The molecule has 0 heterocycles. The lowest BCUT2D eigenvalue weighted by atomic mass is 9.85. The van der Waals surface area contributed by atoms with Gasteiger partial charge in [0, 0.05) is 16.1 Å². The van der Waals surface area contributed by atoms with E-state index in [9.17, 15) is 0 Å². The lowest BCUT2D eigenvalue weighted by Gasteiger charge is -2.29. The van der Waals surface area contributed by atoms with Crippen LogP contribution in [0.25, 0.3) is 0 Å². The zero-order valence-electron chi connectivity index (χ0n) is 12.8. The van der Waals surface area contributed by atoms with E-state index in [1.807, 2.05) is 6.92 Å². The Morgan fingerprint density at radius 1 is 1.35 bits per heavy atom. The molecule has 0 amide bonds. The van der Waals surface area contributed by atoms with E-state index in [1.165, 1.54) is 24.8 Å². The van der Waals surface area contributed by atoms with Crippen LogP contribution >= 0.6 is 15.9 Å². The van der Waals surface area contributed by atoms with Gasteiger partial charge in [0.2, 0.25) is 0 Å². The van der Waals surface area contributed by atoms with Crippen molar-refractivity contribution in [3.05, 3.63) is 28.2 Å². The zero-order valence-corrected chi connectivity index (χ0v) is 14.4. The molecule has 3 unspecified atom stereocenters. The predicted octanol–water partition coefficient (Wildman–Crippen LogP) is 4.93. The fourth-order valence-corrected chi connectivity index (χ4v) is 3.81. The van der Waals surface area contributed by atoms with Crippen molar-refractivity contribution in [3.63, 3.8) is 0 Å². The van der Waals surface area contributed by atoms with Crippen molar-refractivity contribution >= 4 is 15.9 Å². The summed E-state index contributed by atoms with van der Waals surface area (Å²) in [4.78, 5) is 0. The van der Waals surface area contributed by atoms with Crippen LogP contribution in [0, 0.1) is 11.8 Å². The summed E-state index contributed by atoms with van der Waals surface area (Å²) in [6, 6.07) is 6.78. The van der Waals surface area contributed by atoms with Crippen LogP contribution in [0.5, 0.6) is 5.75 Å². The van der Waals surface area contributed by atoms with Gasteiger partial charge in [-0.3, -0.25) is 0 Å². The molecule has 0 aliphatic heterocycles. The first-order valence-electron chi connectivity index (χ1n) is 7.83. The Labute approximate surface area is 131 Å². The molecule has 3 atom stereocenters. The van der Waals surface area contributed by atoms with Crippen LogP contribution in [0.1, 0.15) is 51.6 Å². The van der Waals surface area contributed by atoms with Crippen LogP contribution in [0.3, 0.4) is 0 Å². The molecule has 0 spiro atoms. The molecular formula is C17H26BrNO. The van der Waals surface area contributed by atoms with E-state index in [4.69, 9.17) is 4.74 Å². The number of benzene rings is 1. The molecule has 2 rings (SSSR count). The van der Waals surface area contributed by atoms with Gasteiger partial charge in [0.15, 0.2) is 0 Å². The van der Waals surface area contributed by atoms with E-state index in [-0.39, 0.29) is 0 Å². The summed E-state index contributed by atoms with van der Waals surface area (Å²) in [5.41, 5.74) is 1.31. The maximum atomic E-state index is 5.85. The molecule has 2 nitrogen and oxygen atoms in total. The Bertz CT molecular complexity index is 435. The van der Waals surface area contributed by atoms with Crippen LogP contribution in [0.2, 0.25) is 0 Å². The van der Waals surface area contributed by atoms with Gasteiger partial charge < -0.3 is 10.1 Å². The Morgan fingerprint density at radius 2 is 2.15 bits per heavy atom. The molecule has 0 bridgehead atoms. The average Bonchev–Trinajstić information content (AvgIpc) is 2.85. The minimum Gasteiger partial charge on any atom is -0.494 e. The lowest BCUT2D eigenvalue weighted by Crippen LogP contribution is -2.30. The van der Waals surface area contributed by atoms with Gasteiger partial charge in [-0.1, -0.05) is 42.6 Å². The minimum absolute atomic E-state index is 0.400. The monoisotopic (exact) mass is 339 g/mol. The Morgan fingerprint density at radius 3 is 2.75 bits per heavy atom. The highest BCUT2D eigenvalue weighted by atomic mass is 79.9. The summed E-state index contributed by atoms with van der Waals surface area (Å²) in [7, 11) is 0. The molecule has 112 valence electrons. The molecule has 1 aliphatic carbocycles. The molecule has 1 saturated carbocycles. The predicted molar refractivity (Wildman–Crippen MR) is 88.2 cm³/mol. The van der Waals surface area contributed by atoms with Crippen LogP contribution in [-0.4, -0.2) is 13.2 Å². The summed E-state index contributed by atoms with van der Waals surface area (Å²) in [5, 5.41) is 3.70. The van der Waals surface area contributed by atoms with Crippen molar-refractivity contribution in [1.29, 1.82) is 0 Å². The van der Waals surface area contributed by atoms with Crippen LogP contribution in [-0.2, 0) is 0 Å². The largest absolute Gasteiger partial charge is 0.494 e. The van der Waals surface area contributed by atoms with E-state index >= 15 is 0 Å². The second-order valence-corrected chi connectivity index (χ2v) is 6.64. The topological polar surface area (TPSA) is 21.3 Å². The van der Waals surface area contributed by atoms with Crippen molar-refractivity contribution in [2.24, 2.45) is 11.8 Å². The molecule has 1 aromatic rings. The molecule has 3 heteroatoms. The molecule has 0 aromatic heterocycles. The van der Waals surface area contributed by atoms with Crippen molar-refractivity contribution < 1.29 is 4.74 Å². The highest BCUT2D eigenvalue weighted by Crippen LogP contribution is 2.43. The third-order valence-corrected chi connectivity index (χ3v) is 4.88. The number of hydrogen-bond donors (Lipinski definition) is 1. The summed E-state index contributed by atoms with van der Waals surface area (Å²) in [6.45, 7) is 8.33. The van der Waals surface area contributed by atoms with E-state index < -0.39 is 0 Å². The van der Waals surface area contributed by atoms with Gasteiger partial charge in [0.1, 0.15) is 5.75 Å². The van der Waals surface area contributed by atoms with Gasteiger partial charge in [0.05, 0.1) is 6.61 Å². The molecular weight excluding hydrogens is 314 g/mol. The average molecular weight is 340 g/mol. The smallest absolute Gasteiger partial charge is 0.124 e. The standard InChI is InChI=1S/C17H26BrNO/c1-4-19-17(14-8-6-7-12(14)3)15-11-13(18)9-10-16(15)20-5-2/h9-12,14,17,19H,4-8H2,1-3H3. The second kappa shape index (κ2) is 7.46. The molecule has 1 aromatic carbocycles. The Kier molecular flexibility index (Phi) is 5.91. The Hall–Kier alpha value is -0.540. The summed E-state index contributed by atoms with van der Waals surface area (Å²) < 4.78 is 6.98. The second-order valence-electron chi connectivity index (χ2n) is 5.72. The Balaban J connectivity index is 2.34.